The van der Waals surface area contributed by atoms with Crippen LogP contribution in [0.5, 0.6) is 0 Å². The molecule has 1 atom stereocenters. The Morgan fingerprint density at radius 3 is 2.70 bits per heavy atom. The molecule has 1 aromatic heterocycles. The van der Waals surface area contributed by atoms with Gasteiger partial charge in [-0.3, -0.25) is 0 Å². The Labute approximate surface area is 120 Å². The largest absolute Gasteiger partial charge is 0.444 e. The summed E-state index contributed by atoms with van der Waals surface area (Å²) in [5.74, 6) is 0. The Kier molecular flexibility index (Phi) is 6.01. The Bertz CT molecular complexity index is 423. The molecule has 0 saturated heterocycles. The van der Waals surface area contributed by atoms with Gasteiger partial charge in [-0.05, 0) is 27.2 Å². The number of alkyl carbamates (subject to hydrolysis) is 1. The number of carbonyl (C=O) groups excluding carboxylic acids is 1. The number of aromatic nitrogens is 2. The summed E-state index contributed by atoms with van der Waals surface area (Å²) in [5, 5.41) is 6.19. The summed E-state index contributed by atoms with van der Waals surface area (Å²) in [6.45, 7) is 8.91. The van der Waals surface area contributed by atoms with Crippen LogP contribution >= 0.6 is 0 Å². The van der Waals surface area contributed by atoms with Crippen molar-refractivity contribution < 1.29 is 9.53 Å². The number of carbonyl (C=O) groups is 1. The zero-order chi connectivity index (χ0) is 15.2. The maximum Gasteiger partial charge on any atom is 0.407 e. The molecule has 0 spiro atoms. The van der Waals surface area contributed by atoms with Crippen molar-refractivity contribution in [3.05, 3.63) is 18.2 Å². The van der Waals surface area contributed by atoms with Crippen molar-refractivity contribution in [1.29, 1.82) is 0 Å². The van der Waals surface area contributed by atoms with E-state index in [4.69, 9.17) is 4.74 Å². The molecule has 6 nitrogen and oxygen atoms in total. The van der Waals surface area contributed by atoms with E-state index in [1.807, 2.05) is 38.6 Å². The standard InChI is InChI=1S/C14H26N4O2/c1-6-11(7-17-13(19)20-14(2,3)4)16-9-12-8-15-10-18(12)5/h8,10-11,16H,6-7,9H2,1-5H3,(H,17,19). The van der Waals surface area contributed by atoms with Crippen molar-refractivity contribution in [1.82, 2.24) is 20.2 Å². The predicted molar refractivity (Wildman–Crippen MR) is 78.4 cm³/mol. The minimum atomic E-state index is -0.464. The van der Waals surface area contributed by atoms with Crippen molar-refractivity contribution in [3.63, 3.8) is 0 Å². The summed E-state index contributed by atoms with van der Waals surface area (Å²) < 4.78 is 7.18. The summed E-state index contributed by atoms with van der Waals surface area (Å²) in [7, 11) is 1.96. The molecular formula is C14H26N4O2. The molecule has 0 aliphatic rings. The molecule has 2 N–H and O–H groups in total. The van der Waals surface area contributed by atoms with Crippen molar-refractivity contribution in [2.24, 2.45) is 7.05 Å². The topological polar surface area (TPSA) is 68.2 Å². The van der Waals surface area contributed by atoms with Gasteiger partial charge in [0, 0.05) is 32.4 Å². The Morgan fingerprint density at radius 1 is 1.50 bits per heavy atom. The molecule has 1 rings (SSSR count). The lowest BCUT2D eigenvalue weighted by Crippen LogP contribution is -2.42. The van der Waals surface area contributed by atoms with E-state index >= 15 is 0 Å². The van der Waals surface area contributed by atoms with Crippen LogP contribution in [0.4, 0.5) is 4.79 Å². The van der Waals surface area contributed by atoms with Crippen LogP contribution < -0.4 is 10.6 Å². The van der Waals surface area contributed by atoms with Gasteiger partial charge in [0.2, 0.25) is 0 Å². The maximum absolute atomic E-state index is 11.6. The van der Waals surface area contributed by atoms with Gasteiger partial charge < -0.3 is 19.9 Å². The van der Waals surface area contributed by atoms with Crippen LogP contribution in [0.1, 0.15) is 39.8 Å². The van der Waals surface area contributed by atoms with Crippen LogP contribution in [0.25, 0.3) is 0 Å². The smallest absolute Gasteiger partial charge is 0.407 e. The molecule has 0 aliphatic heterocycles. The quantitative estimate of drug-likeness (QED) is 0.835. The van der Waals surface area contributed by atoms with Gasteiger partial charge in [-0.15, -0.1) is 0 Å². The first-order valence-corrected chi connectivity index (χ1v) is 6.97. The summed E-state index contributed by atoms with van der Waals surface area (Å²) >= 11 is 0. The van der Waals surface area contributed by atoms with Gasteiger partial charge >= 0.3 is 6.09 Å². The molecule has 0 bridgehead atoms. The zero-order valence-corrected chi connectivity index (χ0v) is 13.1. The Balaban J connectivity index is 2.33. The van der Waals surface area contributed by atoms with Gasteiger partial charge in [0.25, 0.3) is 0 Å². The number of rotatable bonds is 6. The molecule has 6 heteroatoms. The number of nitrogens with one attached hydrogen (secondary N) is 2. The highest BCUT2D eigenvalue weighted by Gasteiger charge is 2.17. The fourth-order valence-electron chi connectivity index (χ4n) is 1.69. The summed E-state index contributed by atoms with van der Waals surface area (Å²) in [5.41, 5.74) is 0.647. The first kappa shape index (κ1) is 16.5. The molecule has 0 radical (unpaired) electrons. The van der Waals surface area contributed by atoms with E-state index in [2.05, 4.69) is 22.5 Å². The minimum Gasteiger partial charge on any atom is -0.444 e. The van der Waals surface area contributed by atoms with Crippen molar-refractivity contribution in [2.75, 3.05) is 6.54 Å². The van der Waals surface area contributed by atoms with Crippen molar-refractivity contribution in [2.45, 2.75) is 52.3 Å². The summed E-state index contributed by atoms with van der Waals surface area (Å²) in [4.78, 5) is 15.7. The highest BCUT2D eigenvalue weighted by molar-refractivity contribution is 5.67. The second-order valence-corrected chi connectivity index (χ2v) is 5.86. The number of ether oxygens (including phenoxy) is 1. The van der Waals surface area contributed by atoms with Crippen LogP contribution in [0.15, 0.2) is 12.5 Å². The zero-order valence-electron chi connectivity index (χ0n) is 13.1. The van der Waals surface area contributed by atoms with Gasteiger partial charge in [0.1, 0.15) is 5.60 Å². The molecule has 1 heterocycles. The fourth-order valence-corrected chi connectivity index (χ4v) is 1.69. The maximum atomic E-state index is 11.6. The van der Waals surface area contributed by atoms with E-state index in [0.29, 0.717) is 6.54 Å². The third-order valence-electron chi connectivity index (χ3n) is 2.87. The Morgan fingerprint density at radius 2 is 2.20 bits per heavy atom. The van der Waals surface area contributed by atoms with Gasteiger partial charge in [-0.1, -0.05) is 6.92 Å². The number of hydrogen-bond donors (Lipinski definition) is 2. The first-order chi connectivity index (χ1) is 9.31. The lowest BCUT2D eigenvalue weighted by atomic mass is 10.2. The van der Waals surface area contributed by atoms with E-state index in [1.165, 1.54) is 0 Å². The number of aryl methyl sites for hydroxylation is 1. The number of amides is 1. The van der Waals surface area contributed by atoms with Crippen LogP contribution in [-0.4, -0.2) is 33.8 Å². The van der Waals surface area contributed by atoms with Crippen molar-refractivity contribution in [3.8, 4) is 0 Å². The predicted octanol–water partition coefficient (Wildman–Crippen LogP) is 1.81. The third kappa shape index (κ3) is 6.06. The van der Waals surface area contributed by atoms with E-state index < -0.39 is 5.60 Å². The molecule has 0 aromatic carbocycles. The van der Waals surface area contributed by atoms with Crippen LogP contribution in [0.2, 0.25) is 0 Å². The lowest BCUT2D eigenvalue weighted by molar-refractivity contribution is 0.0522. The normalized spacial score (nSPS) is 13.1. The average Bonchev–Trinajstić information content (AvgIpc) is 2.73. The number of hydrogen-bond acceptors (Lipinski definition) is 4. The van der Waals surface area contributed by atoms with Gasteiger partial charge in [-0.25, -0.2) is 9.78 Å². The molecule has 0 saturated carbocycles. The fraction of sp³-hybridized carbons (Fsp3) is 0.714. The first-order valence-electron chi connectivity index (χ1n) is 6.97. The van der Waals surface area contributed by atoms with Crippen LogP contribution in [0.3, 0.4) is 0 Å². The molecule has 0 fully saturated rings. The van der Waals surface area contributed by atoms with E-state index in [0.717, 1.165) is 18.7 Å². The SMILES string of the molecule is CCC(CNC(=O)OC(C)(C)C)NCc1cncn1C. The number of nitrogens with zero attached hydrogens (tertiary/aromatic N) is 2. The van der Waals surface area contributed by atoms with Gasteiger partial charge in [-0.2, -0.15) is 0 Å². The third-order valence-corrected chi connectivity index (χ3v) is 2.87. The molecule has 20 heavy (non-hydrogen) atoms. The van der Waals surface area contributed by atoms with E-state index in [9.17, 15) is 4.79 Å². The van der Waals surface area contributed by atoms with E-state index in [1.54, 1.807) is 6.33 Å². The number of imidazole rings is 1. The highest BCUT2D eigenvalue weighted by Crippen LogP contribution is 2.06. The molecule has 114 valence electrons. The Hall–Kier alpha value is -1.56. The second kappa shape index (κ2) is 7.28. The molecule has 1 aromatic rings. The average molecular weight is 282 g/mol. The van der Waals surface area contributed by atoms with Crippen LogP contribution in [0, 0.1) is 0 Å². The molecule has 0 aliphatic carbocycles. The van der Waals surface area contributed by atoms with Gasteiger partial charge in [0.05, 0.1) is 12.0 Å². The molecular weight excluding hydrogens is 256 g/mol. The van der Waals surface area contributed by atoms with Gasteiger partial charge in [0.15, 0.2) is 0 Å². The van der Waals surface area contributed by atoms with Crippen molar-refractivity contribution >= 4 is 6.09 Å². The minimum absolute atomic E-state index is 0.206. The lowest BCUT2D eigenvalue weighted by Gasteiger charge is -2.22. The highest BCUT2D eigenvalue weighted by atomic mass is 16.6. The second-order valence-electron chi connectivity index (χ2n) is 5.86. The monoisotopic (exact) mass is 282 g/mol. The van der Waals surface area contributed by atoms with E-state index in [-0.39, 0.29) is 12.1 Å². The molecule has 1 amide bonds. The molecule has 1 unspecified atom stereocenters. The summed E-state index contributed by atoms with van der Waals surface area (Å²) in [6, 6.07) is 0.206. The van der Waals surface area contributed by atoms with Crippen LogP contribution in [-0.2, 0) is 18.3 Å². The summed E-state index contributed by atoms with van der Waals surface area (Å²) in [6.07, 6.45) is 4.16.